The van der Waals surface area contributed by atoms with Crippen molar-refractivity contribution in [3.05, 3.63) is 12.5 Å². The zero-order valence-corrected chi connectivity index (χ0v) is 6.79. The molecule has 0 unspecified atom stereocenters. The fourth-order valence-corrected chi connectivity index (χ4v) is 0.624. The molecule has 0 N–H and O–H groups in total. The van der Waals surface area contributed by atoms with Gasteiger partial charge in [0.25, 0.3) is 0 Å². The van der Waals surface area contributed by atoms with E-state index in [-0.39, 0.29) is 6.04 Å². The van der Waals surface area contributed by atoms with Gasteiger partial charge in [0.15, 0.2) is 0 Å². The average Bonchev–Trinajstić information content (AvgIpc) is 1.88. The number of hydrogen-bond donors (Lipinski definition) is 0. The highest BCUT2D eigenvalue weighted by molar-refractivity contribution is 5.23. The molecule has 0 aromatic heterocycles. The zero-order chi connectivity index (χ0) is 8.15. The van der Waals surface area contributed by atoms with E-state index in [1.54, 1.807) is 12.1 Å². The number of hydrogen-bond acceptors (Lipinski definition) is 3. The normalized spacial score (nSPS) is 9.20. The maximum absolute atomic E-state index is 4.86. The van der Waals surface area contributed by atoms with Crippen molar-refractivity contribution < 1.29 is 4.74 Å². The Morgan fingerprint density at radius 3 is 2.20 bits per heavy atom. The molecule has 0 heterocycles. The number of rotatable bonds is 4. The standard InChI is InChI=1S/C7H14N2O/c1-6(2)9(8-4)7(3)10-5/h6H,3-4H2,1-2,5H3. The Morgan fingerprint density at radius 2 is 2.10 bits per heavy atom. The van der Waals surface area contributed by atoms with Crippen molar-refractivity contribution in [1.29, 1.82) is 0 Å². The lowest BCUT2D eigenvalue weighted by atomic mass is 10.4. The summed E-state index contributed by atoms with van der Waals surface area (Å²) in [6.07, 6.45) is 0. The van der Waals surface area contributed by atoms with Gasteiger partial charge in [0, 0.05) is 6.72 Å². The highest BCUT2D eigenvalue weighted by Gasteiger charge is 2.07. The van der Waals surface area contributed by atoms with Crippen molar-refractivity contribution in [2.45, 2.75) is 19.9 Å². The molecule has 3 nitrogen and oxygen atoms in total. The summed E-state index contributed by atoms with van der Waals surface area (Å²) >= 11 is 0. The maximum atomic E-state index is 4.86. The van der Waals surface area contributed by atoms with E-state index in [0.717, 1.165) is 0 Å². The number of nitrogens with zero attached hydrogens (tertiary/aromatic N) is 2. The number of ether oxygens (including phenoxy) is 1. The van der Waals surface area contributed by atoms with Gasteiger partial charge in [0.05, 0.1) is 13.2 Å². The van der Waals surface area contributed by atoms with Crippen LogP contribution in [0.15, 0.2) is 17.6 Å². The lowest BCUT2D eigenvalue weighted by Crippen LogP contribution is -2.24. The van der Waals surface area contributed by atoms with Crippen molar-refractivity contribution in [2.24, 2.45) is 5.10 Å². The molecule has 0 bridgehead atoms. The third-order valence-electron chi connectivity index (χ3n) is 1.13. The Labute approximate surface area is 62.0 Å². The molecule has 0 aliphatic rings. The molecule has 0 rings (SSSR count). The highest BCUT2D eigenvalue weighted by Crippen LogP contribution is 2.06. The fourth-order valence-electron chi connectivity index (χ4n) is 0.624. The van der Waals surface area contributed by atoms with Crippen molar-refractivity contribution in [1.82, 2.24) is 5.01 Å². The number of methoxy groups -OCH3 is 1. The van der Waals surface area contributed by atoms with E-state index in [1.165, 1.54) is 0 Å². The third-order valence-corrected chi connectivity index (χ3v) is 1.13. The van der Waals surface area contributed by atoms with Crippen molar-refractivity contribution in [3.63, 3.8) is 0 Å². The lowest BCUT2D eigenvalue weighted by molar-refractivity contribution is 0.135. The molecule has 3 heteroatoms. The van der Waals surface area contributed by atoms with Gasteiger partial charge in [-0.15, -0.1) is 0 Å². The Bertz CT molecular complexity index is 132. The maximum Gasteiger partial charge on any atom is 0.202 e. The van der Waals surface area contributed by atoms with Gasteiger partial charge in [-0.05, 0) is 20.4 Å². The van der Waals surface area contributed by atoms with Gasteiger partial charge >= 0.3 is 0 Å². The molecule has 10 heavy (non-hydrogen) atoms. The second-order valence-corrected chi connectivity index (χ2v) is 2.18. The van der Waals surface area contributed by atoms with E-state index in [9.17, 15) is 0 Å². The van der Waals surface area contributed by atoms with Crippen LogP contribution in [0.25, 0.3) is 0 Å². The summed E-state index contributed by atoms with van der Waals surface area (Å²) in [7, 11) is 1.56. The minimum atomic E-state index is 0.241. The highest BCUT2D eigenvalue weighted by atomic mass is 16.5. The van der Waals surface area contributed by atoms with Crippen LogP contribution in [-0.4, -0.2) is 24.9 Å². The minimum absolute atomic E-state index is 0.241. The first-order valence-corrected chi connectivity index (χ1v) is 3.12. The number of hydrazone groups is 1. The minimum Gasteiger partial charge on any atom is -0.482 e. The second-order valence-electron chi connectivity index (χ2n) is 2.18. The van der Waals surface area contributed by atoms with Crippen LogP contribution in [0.1, 0.15) is 13.8 Å². The van der Waals surface area contributed by atoms with E-state index in [4.69, 9.17) is 4.74 Å². The molecule has 0 amide bonds. The molecule has 0 aliphatic heterocycles. The summed E-state index contributed by atoms with van der Waals surface area (Å²) in [6.45, 7) is 11.0. The molecule has 0 aliphatic carbocycles. The van der Waals surface area contributed by atoms with E-state index in [2.05, 4.69) is 18.4 Å². The van der Waals surface area contributed by atoms with Crippen molar-refractivity contribution >= 4 is 6.72 Å². The second kappa shape index (κ2) is 3.93. The van der Waals surface area contributed by atoms with E-state index in [1.807, 2.05) is 13.8 Å². The molecule has 0 saturated carbocycles. The van der Waals surface area contributed by atoms with Crippen LogP contribution < -0.4 is 0 Å². The van der Waals surface area contributed by atoms with E-state index < -0.39 is 0 Å². The van der Waals surface area contributed by atoms with Crippen LogP contribution in [0.3, 0.4) is 0 Å². The van der Waals surface area contributed by atoms with Gasteiger partial charge in [-0.1, -0.05) is 0 Å². The molecule has 58 valence electrons. The Kier molecular flexibility index (Phi) is 3.54. The van der Waals surface area contributed by atoms with Crippen LogP contribution >= 0.6 is 0 Å². The molecule has 0 atom stereocenters. The zero-order valence-electron chi connectivity index (χ0n) is 6.79. The summed E-state index contributed by atoms with van der Waals surface area (Å²) in [5.74, 6) is 0.519. The summed E-state index contributed by atoms with van der Waals surface area (Å²) in [4.78, 5) is 0. The van der Waals surface area contributed by atoms with Crippen molar-refractivity contribution in [3.8, 4) is 0 Å². The molecule has 0 saturated heterocycles. The van der Waals surface area contributed by atoms with Crippen LogP contribution in [-0.2, 0) is 4.74 Å². The molecule has 0 aromatic rings. The van der Waals surface area contributed by atoms with Crippen LogP contribution in [0.2, 0.25) is 0 Å². The first kappa shape index (κ1) is 9.01. The fraction of sp³-hybridized carbons (Fsp3) is 0.571. The van der Waals surface area contributed by atoms with E-state index in [0.29, 0.717) is 5.88 Å². The van der Waals surface area contributed by atoms with Gasteiger partial charge in [0.2, 0.25) is 5.88 Å². The van der Waals surface area contributed by atoms with Gasteiger partial charge < -0.3 is 4.74 Å². The summed E-state index contributed by atoms with van der Waals surface area (Å²) in [5.41, 5.74) is 0. The molecule has 0 aromatic carbocycles. The quantitative estimate of drug-likeness (QED) is 0.337. The summed E-state index contributed by atoms with van der Waals surface area (Å²) in [5, 5.41) is 5.33. The largest absolute Gasteiger partial charge is 0.482 e. The third kappa shape index (κ3) is 2.09. The van der Waals surface area contributed by atoms with Gasteiger partial charge in [-0.3, -0.25) is 0 Å². The Hall–Kier alpha value is -0.990. The topological polar surface area (TPSA) is 24.8 Å². The SMILES string of the molecule is C=NN(C(=C)OC)C(C)C. The molecule has 0 fully saturated rings. The smallest absolute Gasteiger partial charge is 0.202 e. The Balaban J connectivity index is 4.06. The monoisotopic (exact) mass is 142 g/mol. The van der Waals surface area contributed by atoms with Gasteiger partial charge in [-0.2, -0.15) is 5.10 Å². The van der Waals surface area contributed by atoms with Gasteiger partial charge in [-0.25, -0.2) is 5.01 Å². The first-order chi connectivity index (χ1) is 4.63. The molecule has 0 radical (unpaired) electrons. The summed E-state index contributed by atoms with van der Waals surface area (Å²) < 4.78 is 4.86. The first-order valence-electron chi connectivity index (χ1n) is 3.12. The molecular formula is C7H14N2O. The van der Waals surface area contributed by atoms with Crippen LogP contribution in [0, 0.1) is 0 Å². The average molecular weight is 142 g/mol. The van der Waals surface area contributed by atoms with Crippen molar-refractivity contribution in [2.75, 3.05) is 7.11 Å². The molecule has 0 spiro atoms. The van der Waals surface area contributed by atoms with Gasteiger partial charge in [0.1, 0.15) is 0 Å². The summed E-state index contributed by atoms with van der Waals surface area (Å²) in [6, 6.07) is 0.241. The predicted octanol–water partition coefficient (Wildman–Crippen LogP) is 1.43. The molecular weight excluding hydrogens is 128 g/mol. The van der Waals surface area contributed by atoms with E-state index >= 15 is 0 Å². The van der Waals surface area contributed by atoms with Crippen LogP contribution in [0.4, 0.5) is 0 Å². The Morgan fingerprint density at radius 1 is 1.60 bits per heavy atom. The van der Waals surface area contributed by atoms with Crippen LogP contribution in [0.5, 0.6) is 0 Å². The lowest BCUT2D eigenvalue weighted by Gasteiger charge is -2.22. The predicted molar refractivity (Wildman–Crippen MR) is 42.7 cm³/mol.